The maximum Gasteiger partial charge on any atom is 0.240 e. The van der Waals surface area contributed by atoms with Crippen molar-refractivity contribution in [1.82, 2.24) is 24.8 Å². The maximum absolute atomic E-state index is 5.21. The van der Waals surface area contributed by atoms with Crippen LogP contribution >= 0.6 is 0 Å². The van der Waals surface area contributed by atoms with E-state index in [2.05, 4.69) is 37.8 Å². The third kappa shape index (κ3) is 2.40. The van der Waals surface area contributed by atoms with Crippen molar-refractivity contribution in [1.29, 1.82) is 0 Å². The van der Waals surface area contributed by atoms with Gasteiger partial charge < -0.3 is 4.52 Å². The summed E-state index contributed by atoms with van der Waals surface area (Å²) in [5.41, 5.74) is 2.31. The molecule has 0 aromatic carbocycles. The number of hydrogen-bond acceptors (Lipinski definition) is 5. The van der Waals surface area contributed by atoms with Gasteiger partial charge in [0.1, 0.15) is 0 Å². The van der Waals surface area contributed by atoms with Gasteiger partial charge in [0, 0.05) is 25.2 Å². The zero-order chi connectivity index (χ0) is 13.4. The minimum atomic E-state index is 0.474. The fraction of sp³-hybridized carbons (Fsp3) is 0.615. The average Bonchev–Trinajstić information content (AvgIpc) is 2.90. The van der Waals surface area contributed by atoms with Gasteiger partial charge in [-0.25, -0.2) is 0 Å². The van der Waals surface area contributed by atoms with Crippen LogP contribution in [0.5, 0.6) is 0 Å². The molecule has 0 amide bonds. The molecule has 2 aromatic heterocycles. The lowest BCUT2D eigenvalue weighted by molar-refractivity contribution is 0.0777. The SMILES string of the molecule is CCc1noc(CN2CC(n3nc(C)cc3C)C2)n1. The second kappa shape index (κ2) is 4.77. The molecule has 0 N–H and O–H groups in total. The number of aryl methyl sites for hydroxylation is 3. The molecule has 6 heteroatoms. The van der Waals surface area contributed by atoms with Crippen LogP contribution in [0.25, 0.3) is 0 Å². The van der Waals surface area contributed by atoms with Crippen molar-refractivity contribution >= 4 is 0 Å². The highest BCUT2D eigenvalue weighted by Gasteiger charge is 2.30. The number of aromatic nitrogens is 4. The van der Waals surface area contributed by atoms with Crippen molar-refractivity contribution in [3.05, 3.63) is 29.2 Å². The van der Waals surface area contributed by atoms with Gasteiger partial charge in [0.15, 0.2) is 5.82 Å². The van der Waals surface area contributed by atoms with Crippen LogP contribution < -0.4 is 0 Å². The summed E-state index contributed by atoms with van der Waals surface area (Å²) in [5.74, 6) is 1.49. The van der Waals surface area contributed by atoms with Gasteiger partial charge in [-0.3, -0.25) is 9.58 Å². The molecule has 3 rings (SSSR count). The van der Waals surface area contributed by atoms with Gasteiger partial charge >= 0.3 is 0 Å². The van der Waals surface area contributed by atoms with E-state index in [1.165, 1.54) is 5.69 Å². The van der Waals surface area contributed by atoms with Gasteiger partial charge in [0.25, 0.3) is 0 Å². The zero-order valence-corrected chi connectivity index (χ0v) is 11.6. The van der Waals surface area contributed by atoms with Crippen LogP contribution in [0.15, 0.2) is 10.6 Å². The standard InChI is InChI=1S/C13H19N5O/c1-4-12-14-13(19-16-12)8-17-6-11(7-17)18-10(3)5-9(2)15-18/h5,11H,4,6-8H2,1-3H3. The molecule has 2 aromatic rings. The summed E-state index contributed by atoms with van der Waals surface area (Å²) in [7, 11) is 0. The first-order valence-electron chi connectivity index (χ1n) is 6.72. The van der Waals surface area contributed by atoms with E-state index in [4.69, 9.17) is 4.52 Å². The molecule has 0 bridgehead atoms. The van der Waals surface area contributed by atoms with Crippen LogP contribution in [0.3, 0.4) is 0 Å². The lowest BCUT2D eigenvalue weighted by Crippen LogP contribution is -2.47. The second-order valence-electron chi connectivity index (χ2n) is 5.18. The maximum atomic E-state index is 5.21. The van der Waals surface area contributed by atoms with Gasteiger partial charge in [0.05, 0.1) is 18.3 Å². The summed E-state index contributed by atoms with van der Waals surface area (Å²) >= 11 is 0. The highest BCUT2D eigenvalue weighted by molar-refractivity contribution is 5.09. The van der Waals surface area contributed by atoms with Gasteiger partial charge in [-0.05, 0) is 19.9 Å². The lowest BCUT2D eigenvalue weighted by Gasteiger charge is -2.38. The highest BCUT2D eigenvalue weighted by Crippen LogP contribution is 2.24. The van der Waals surface area contributed by atoms with Crippen LogP contribution in [0.4, 0.5) is 0 Å². The van der Waals surface area contributed by atoms with Gasteiger partial charge in [-0.2, -0.15) is 10.1 Å². The van der Waals surface area contributed by atoms with Crippen LogP contribution in [-0.2, 0) is 13.0 Å². The van der Waals surface area contributed by atoms with E-state index in [0.29, 0.717) is 11.9 Å². The first-order valence-corrected chi connectivity index (χ1v) is 6.72. The number of hydrogen-bond donors (Lipinski definition) is 0. The normalized spacial score (nSPS) is 16.8. The van der Waals surface area contributed by atoms with E-state index < -0.39 is 0 Å². The van der Waals surface area contributed by atoms with Crippen molar-refractivity contribution < 1.29 is 4.52 Å². The van der Waals surface area contributed by atoms with E-state index in [-0.39, 0.29) is 0 Å². The molecule has 1 aliphatic heterocycles. The molecular weight excluding hydrogens is 242 g/mol. The molecule has 19 heavy (non-hydrogen) atoms. The fourth-order valence-electron chi connectivity index (χ4n) is 2.53. The Morgan fingerprint density at radius 2 is 2.16 bits per heavy atom. The Bertz CT molecular complexity index is 567. The van der Waals surface area contributed by atoms with Gasteiger partial charge in [0.2, 0.25) is 5.89 Å². The van der Waals surface area contributed by atoms with Crippen molar-refractivity contribution in [3.8, 4) is 0 Å². The zero-order valence-electron chi connectivity index (χ0n) is 11.6. The van der Waals surface area contributed by atoms with Crippen LogP contribution in [0, 0.1) is 13.8 Å². The Morgan fingerprint density at radius 3 is 2.74 bits per heavy atom. The summed E-state index contributed by atoms with van der Waals surface area (Å²) in [6, 6.07) is 2.59. The van der Waals surface area contributed by atoms with E-state index in [0.717, 1.165) is 37.6 Å². The molecule has 6 nitrogen and oxygen atoms in total. The van der Waals surface area contributed by atoms with E-state index >= 15 is 0 Å². The Balaban J connectivity index is 1.56. The molecule has 3 heterocycles. The van der Waals surface area contributed by atoms with Gasteiger partial charge in [-0.1, -0.05) is 12.1 Å². The van der Waals surface area contributed by atoms with Crippen LogP contribution in [-0.4, -0.2) is 37.9 Å². The van der Waals surface area contributed by atoms with Crippen molar-refractivity contribution in [2.45, 2.75) is 39.8 Å². The quantitative estimate of drug-likeness (QED) is 0.834. The molecule has 0 spiro atoms. The molecule has 1 saturated heterocycles. The van der Waals surface area contributed by atoms with Gasteiger partial charge in [-0.15, -0.1) is 0 Å². The molecule has 0 aliphatic carbocycles. The largest absolute Gasteiger partial charge is 0.338 e. The van der Waals surface area contributed by atoms with Crippen molar-refractivity contribution in [2.24, 2.45) is 0 Å². The van der Waals surface area contributed by atoms with E-state index in [9.17, 15) is 0 Å². The Labute approximate surface area is 112 Å². The van der Waals surface area contributed by atoms with Crippen LogP contribution in [0.1, 0.15) is 36.1 Å². The Morgan fingerprint density at radius 1 is 1.37 bits per heavy atom. The third-order valence-electron chi connectivity index (χ3n) is 3.51. The Hall–Kier alpha value is -1.69. The summed E-state index contributed by atoms with van der Waals surface area (Å²) in [6.45, 7) is 8.89. The summed E-state index contributed by atoms with van der Waals surface area (Å²) in [5, 5.41) is 8.44. The second-order valence-corrected chi connectivity index (χ2v) is 5.18. The van der Waals surface area contributed by atoms with Crippen LogP contribution in [0.2, 0.25) is 0 Å². The highest BCUT2D eigenvalue weighted by atomic mass is 16.5. The molecule has 102 valence electrons. The predicted molar refractivity (Wildman–Crippen MR) is 69.7 cm³/mol. The number of nitrogens with zero attached hydrogens (tertiary/aromatic N) is 5. The molecule has 0 saturated carbocycles. The topological polar surface area (TPSA) is 60.0 Å². The first kappa shape index (κ1) is 12.3. The van der Waals surface area contributed by atoms with E-state index in [1.54, 1.807) is 0 Å². The third-order valence-corrected chi connectivity index (χ3v) is 3.51. The first-order chi connectivity index (χ1) is 9.15. The summed E-state index contributed by atoms with van der Waals surface area (Å²) in [4.78, 5) is 6.63. The molecule has 0 radical (unpaired) electrons. The minimum absolute atomic E-state index is 0.474. The molecule has 1 aliphatic rings. The number of likely N-dealkylation sites (tertiary alicyclic amines) is 1. The summed E-state index contributed by atoms with van der Waals surface area (Å²) in [6.07, 6.45) is 0.817. The summed E-state index contributed by atoms with van der Waals surface area (Å²) < 4.78 is 7.33. The fourth-order valence-corrected chi connectivity index (χ4v) is 2.53. The minimum Gasteiger partial charge on any atom is -0.338 e. The smallest absolute Gasteiger partial charge is 0.240 e. The molecule has 0 unspecified atom stereocenters. The molecular formula is C13H19N5O. The van der Waals surface area contributed by atoms with E-state index in [1.807, 2.05) is 13.8 Å². The molecule has 1 fully saturated rings. The Kier molecular flexibility index (Phi) is 3.10. The average molecular weight is 261 g/mol. The monoisotopic (exact) mass is 261 g/mol. The van der Waals surface area contributed by atoms with Crippen molar-refractivity contribution in [3.63, 3.8) is 0 Å². The lowest BCUT2D eigenvalue weighted by atomic mass is 10.1. The molecule has 0 atom stereocenters. The number of rotatable bonds is 4. The predicted octanol–water partition coefficient (Wildman–Crippen LogP) is 1.50. The van der Waals surface area contributed by atoms with Crippen molar-refractivity contribution in [2.75, 3.05) is 13.1 Å².